The third kappa shape index (κ3) is 3.44. The van der Waals surface area contributed by atoms with E-state index in [9.17, 15) is 5.11 Å². The molecular weight excluding hydrogens is 340 g/mol. The van der Waals surface area contributed by atoms with E-state index in [0.29, 0.717) is 0 Å². The number of thiocarbonyl (C=S) groups is 1. The molecule has 2 N–H and O–H groups in total. The molecule has 2 aromatic rings. The van der Waals surface area contributed by atoms with Crippen molar-refractivity contribution in [1.82, 2.24) is 0 Å². The van der Waals surface area contributed by atoms with Crippen LogP contribution in [0.3, 0.4) is 0 Å². The number of phenols is 1. The first kappa shape index (κ1) is 17.4. The van der Waals surface area contributed by atoms with Crippen molar-refractivity contribution in [2.45, 2.75) is 31.2 Å². The molecule has 0 unspecified atom stereocenters. The van der Waals surface area contributed by atoms with Gasteiger partial charge in [-0.25, -0.2) is 0 Å². The van der Waals surface area contributed by atoms with Gasteiger partial charge >= 0.3 is 0 Å². The second-order valence-corrected chi connectivity index (χ2v) is 7.78. The third-order valence-corrected chi connectivity index (χ3v) is 6.04. The Hall–Kier alpha value is -2.04. The molecule has 0 aliphatic carbocycles. The number of likely N-dealkylation sites (tertiary alicyclic amines) is 1. The molecule has 2 aromatic carbocycles. The van der Waals surface area contributed by atoms with Crippen LogP contribution in [0.5, 0.6) is 5.75 Å². The average molecular weight is 366 g/mol. The standard InChI is InChI=1S/C22H24N2OS/c25-19-12-6-5-11-17(19)21-20(16-9-3-1-4-10-16)22(26)18(23-21)15-24-13-7-2-8-14-24/h1,3-6,9-12,18,20,25H,2,7-8,13-15H2/p+1/t18-,20+/m0/s1. The van der Waals surface area contributed by atoms with Crippen molar-refractivity contribution in [1.29, 1.82) is 0 Å². The zero-order chi connectivity index (χ0) is 17.9. The first-order valence-electron chi connectivity index (χ1n) is 9.52. The van der Waals surface area contributed by atoms with Crippen LogP contribution in [-0.4, -0.2) is 41.4 Å². The number of aliphatic imine (C=N–C) groups is 1. The monoisotopic (exact) mass is 365 g/mol. The first-order valence-corrected chi connectivity index (χ1v) is 9.93. The van der Waals surface area contributed by atoms with E-state index in [-0.39, 0.29) is 17.7 Å². The van der Waals surface area contributed by atoms with E-state index in [0.717, 1.165) is 28.2 Å². The summed E-state index contributed by atoms with van der Waals surface area (Å²) in [6, 6.07) is 17.9. The maximum atomic E-state index is 10.4. The van der Waals surface area contributed by atoms with Gasteiger partial charge in [-0.15, -0.1) is 0 Å². The molecule has 3 nitrogen and oxygen atoms in total. The molecule has 2 heterocycles. The molecule has 4 rings (SSSR count). The Labute approximate surface area is 160 Å². The highest BCUT2D eigenvalue weighted by Gasteiger charge is 2.38. The number of hydrogen-bond acceptors (Lipinski definition) is 3. The Morgan fingerprint density at radius 2 is 1.65 bits per heavy atom. The summed E-state index contributed by atoms with van der Waals surface area (Å²) in [6.45, 7) is 3.41. The fraction of sp³-hybridized carbons (Fsp3) is 0.364. The molecule has 2 aliphatic rings. The van der Waals surface area contributed by atoms with Gasteiger partial charge in [0.15, 0.2) is 0 Å². The van der Waals surface area contributed by atoms with Crippen LogP contribution in [0.25, 0.3) is 0 Å². The summed E-state index contributed by atoms with van der Waals surface area (Å²) in [5.41, 5.74) is 2.89. The highest BCUT2D eigenvalue weighted by molar-refractivity contribution is 7.80. The second-order valence-electron chi connectivity index (χ2n) is 7.31. The molecule has 1 fully saturated rings. The molecule has 0 amide bonds. The van der Waals surface area contributed by atoms with Crippen molar-refractivity contribution in [3.8, 4) is 5.75 Å². The Bertz CT molecular complexity index is 812. The second kappa shape index (κ2) is 7.68. The van der Waals surface area contributed by atoms with E-state index in [1.807, 2.05) is 36.4 Å². The van der Waals surface area contributed by atoms with Crippen LogP contribution in [0.1, 0.15) is 36.3 Å². The number of aromatic hydroxyl groups is 1. The van der Waals surface area contributed by atoms with E-state index in [2.05, 4.69) is 12.1 Å². The van der Waals surface area contributed by atoms with Gasteiger partial charge in [-0.2, -0.15) is 0 Å². The Kier molecular flexibility index (Phi) is 5.14. The predicted molar refractivity (Wildman–Crippen MR) is 110 cm³/mol. The maximum Gasteiger partial charge on any atom is 0.131 e. The van der Waals surface area contributed by atoms with Crippen LogP contribution in [0, 0.1) is 0 Å². The van der Waals surface area contributed by atoms with E-state index in [4.69, 9.17) is 17.2 Å². The molecule has 0 bridgehead atoms. The number of hydrogen-bond donors (Lipinski definition) is 2. The lowest BCUT2D eigenvalue weighted by Gasteiger charge is -2.25. The van der Waals surface area contributed by atoms with Crippen molar-refractivity contribution in [3.05, 3.63) is 65.7 Å². The number of quaternary nitrogens is 1. The summed E-state index contributed by atoms with van der Waals surface area (Å²) in [4.78, 5) is 7.65. The van der Waals surface area contributed by atoms with Gasteiger partial charge in [0.05, 0.1) is 24.7 Å². The van der Waals surface area contributed by atoms with E-state index in [1.54, 1.807) is 11.0 Å². The van der Waals surface area contributed by atoms with Crippen molar-refractivity contribution < 1.29 is 10.0 Å². The summed E-state index contributed by atoms with van der Waals surface area (Å²) in [7, 11) is 0. The molecule has 0 spiro atoms. The van der Waals surface area contributed by atoms with Gasteiger partial charge in [0.1, 0.15) is 18.3 Å². The number of rotatable bonds is 4. The number of nitrogens with one attached hydrogen (secondary N) is 1. The normalized spacial score (nSPS) is 23.8. The lowest BCUT2D eigenvalue weighted by atomic mass is 9.87. The molecule has 2 atom stereocenters. The highest BCUT2D eigenvalue weighted by atomic mass is 32.1. The summed E-state index contributed by atoms with van der Waals surface area (Å²) in [5, 5.41) is 10.4. The van der Waals surface area contributed by atoms with Crippen molar-refractivity contribution in [3.63, 3.8) is 0 Å². The minimum absolute atomic E-state index is 0.0197. The number of benzene rings is 2. The topological polar surface area (TPSA) is 37.0 Å². The van der Waals surface area contributed by atoms with Gasteiger partial charge < -0.3 is 10.0 Å². The van der Waals surface area contributed by atoms with E-state index < -0.39 is 0 Å². The predicted octanol–water partition coefficient (Wildman–Crippen LogP) is 2.79. The molecule has 0 radical (unpaired) electrons. The molecule has 1 saturated heterocycles. The number of nitrogens with zero attached hydrogens (tertiary/aromatic N) is 1. The first-order chi connectivity index (χ1) is 12.7. The van der Waals surface area contributed by atoms with Crippen LogP contribution in [0.4, 0.5) is 0 Å². The SMILES string of the molecule is Oc1ccccc1C1=N[C@@H](C[NH+]2CCCCC2)C(=S)[C@@H]1c1ccccc1. The molecular formula is C22H25N2OS+. The molecule has 134 valence electrons. The largest absolute Gasteiger partial charge is 0.507 e. The number of phenolic OH excluding ortho intramolecular Hbond substituents is 1. The van der Waals surface area contributed by atoms with Crippen LogP contribution < -0.4 is 4.90 Å². The van der Waals surface area contributed by atoms with Crippen LogP contribution in [0.15, 0.2) is 59.6 Å². The van der Waals surface area contributed by atoms with Gasteiger partial charge in [0.2, 0.25) is 0 Å². The molecule has 4 heteroatoms. The summed E-state index contributed by atoms with van der Waals surface area (Å²) in [5.74, 6) is 0.259. The zero-order valence-electron chi connectivity index (χ0n) is 14.9. The van der Waals surface area contributed by atoms with Crippen molar-refractivity contribution in [2.75, 3.05) is 19.6 Å². The minimum Gasteiger partial charge on any atom is -0.507 e. The molecule has 26 heavy (non-hydrogen) atoms. The fourth-order valence-corrected chi connectivity index (χ4v) is 4.58. The Morgan fingerprint density at radius 3 is 2.38 bits per heavy atom. The molecule has 0 aromatic heterocycles. The van der Waals surface area contributed by atoms with Gasteiger partial charge in [-0.1, -0.05) is 54.7 Å². The Morgan fingerprint density at radius 1 is 0.962 bits per heavy atom. The van der Waals surface area contributed by atoms with Crippen LogP contribution >= 0.6 is 12.2 Å². The van der Waals surface area contributed by atoms with Gasteiger partial charge in [-0.05, 0) is 37.0 Å². The summed E-state index contributed by atoms with van der Waals surface area (Å²) < 4.78 is 0. The van der Waals surface area contributed by atoms with Crippen LogP contribution in [0.2, 0.25) is 0 Å². The number of para-hydroxylation sites is 1. The molecule has 0 saturated carbocycles. The average Bonchev–Trinajstić information content (AvgIpc) is 3.00. The lowest BCUT2D eigenvalue weighted by Crippen LogP contribution is -3.13. The van der Waals surface area contributed by atoms with Gasteiger partial charge in [0.25, 0.3) is 0 Å². The van der Waals surface area contributed by atoms with Gasteiger partial charge in [-0.3, -0.25) is 4.99 Å². The fourth-order valence-electron chi connectivity index (χ4n) is 4.19. The highest BCUT2D eigenvalue weighted by Crippen LogP contribution is 2.34. The zero-order valence-corrected chi connectivity index (χ0v) is 15.7. The quantitative estimate of drug-likeness (QED) is 0.818. The van der Waals surface area contributed by atoms with Crippen molar-refractivity contribution in [2.24, 2.45) is 4.99 Å². The van der Waals surface area contributed by atoms with Crippen LogP contribution in [-0.2, 0) is 0 Å². The minimum atomic E-state index is -0.0197. The molecule has 2 aliphatic heterocycles. The van der Waals surface area contributed by atoms with E-state index in [1.165, 1.54) is 32.4 Å². The smallest absolute Gasteiger partial charge is 0.131 e. The third-order valence-electron chi connectivity index (χ3n) is 5.54. The van der Waals surface area contributed by atoms with E-state index >= 15 is 0 Å². The Balaban J connectivity index is 1.69. The van der Waals surface area contributed by atoms with Crippen molar-refractivity contribution >= 4 is 22.8 Å². The summed E-state index contributed by atoms with van der Waals surface area (Å²) in [6.07, 6.45) is 3.94. The summed E-state index contributed by atoms with van der Waals surface area (Å²) >= 11 is 5.92. The lowest BCUT2D eigenvalue weighted by molar-refractivity contribution is -0.904. The maximum absolute atomic E-state index is 10.4. The van der Waals surface area contributed by atoms with Gasteiger partial charge in [0, 0.05) is 10.4 Å². The number of piperidine rings is 1.